The van der Waals surface area contributed by atoms with E-state index in [0.29, 0.717) is 23.1 Å². The first kappa shape index (κ1) is 17.2. The van der Waals surface area contributed by atoms with Crippen LogP contribution in [0.2, 0.25) is 0 Å². The van der Waals surface area contributed by atoms with Crippen LogP contribution >= 0.6 is 22.7 Å². The van der Waals surface area contributed by atoms with E-state index in [1.807, 2.05) is 17.3 Å². The van der Waals surface area contributed by atoms with Gasteiger partial charge < -0.3 is 14.6 Å². The third-order valence-corrected chi connectivity index (χ3v) is 6.38. The third-order valence-electron chi connectivity index (χ3n) is 4.23. The second-order valence-corrected chi connectivity index (χ2v) is 7.93. The van der Waals surface area contributed by atoms with Crippen LogP contribution in [0.3, 0.4) is 0 Å². The van der Waals surface area contributed by atoms with Crippen molar-refractivity contribution in [2.24, 2.45) is 0 Å². The van der Waals surface area contributed by atoms with Crippen molar-refractivity contribution in [1.82, 2.24) is 19.5 Å². The summed E-state index contributed by atoms with van der Waals surface area (Å²) < 4.78 is 6.78. The van der Waals surface area contributed by atoms with E-state index in [1.165, 1.54) is 15.9 Å². The normalized spacial score (nSPS) is 13.1. The van der Waals surface area contributed by atoms with Gasteiger partial charge in [0.05, 0.1) is 23.8 Å². The Morgan fingerprint density at radius 3 is 2.81 bits per heavy atom. The van der Waals surface area contributed by atoms with Gasteiger partial charge in [0.15, 0.2) is 5.76 Å². The minimum Gasteiger partial charge on any atom is -0.492 e. The summed E-state index contributed by atoms with van der Waals surface area (Å²) >= 11 is 3.03. The molecule has 4 heterocycles. The summed E-state index contributed by atoms with van der Waals surface area (Å²) in [6.07, 6.45) is 1.56. The van der Waals surface area contributed by atoms with Gasteiger partial charge in [-0.1, -0.05) is 11.3 Å². The van der Waals surface area contributed by atoms with Crippen LogP contribution in [0.25, 0.3) is 16.5 Å². The second kappa shape index (κ2) is 6.84. The highest BCUT2D eigenvalue weighted by atomic mass is 32.1. The van der Waals surface area contributed by atoms with Crippen molar-refractivity contribution in [3.63, 3.8) is 0 Å². The standard InChI is InChI=1S/C17H18N4O3S2/c1-10-5-9-25-13(10)12(20(2)6-7-22)14-16(23)21-17(26-14)18-15(19-21)11-4-3-8-24-11/h3-5,8-9,12,22-23H,6-7H2,1-2H3. The molecule has 1 atom stereocenters. The van der Waals surface area contributed by atoms with E-state index >= 15 is 0 Å². The molecule has 4 aromatic heterocycles. The van der Waals surface area contributed by atoms with Crippen LogP contribution in [-0.2, 0) is 0 Å². The van der Waals surface area contributed by atoms with Crippen LogP contribution < -0.4 is 0 Å². The summed E-state index contributed by atoms with van der Waals surface area (Å²) in [6, 6.07) is 5.45. The predicted molar refractivity (Wildman–Crippen MR) is 101 cm³/mol. The molecule has 0 aromatic carbocycles. The quantitative estimate of drug-likeness (QED) is 0.526. The molecular formula is C17H18N4O3S2. The second-order valence-electron chi connectivity index (χ2n) is 5.97. The molecule has 0 aliphatic heterocycles. The zero-order valence-corrected chi connectivity index (χ0v) is 15.9. The fourth-order valence-electron chi connectivity index (χ4n) is 2.91. The number of aliphatic hydroxyl groups excluding tert-OH is 1. The highest BCUT2D eigenvalue weighted by Crippen LogP contribution is 2.42. The fourth-order valence-corrected chi connectivity index (χ4v) is 5.21. The molecule has 7 nitrogen and oxygen atoms in total. The van der Waals surface area contributed by atoms with E-state index in [1.54, 1.807) is 29.7 Å². The number of aryl methyl sites for hydroxylation is 1. The van der Waals surface area contributed by atoms with Crippen molar-refractivity contribution in [3.8, 4) is 17.5 Å². The minimum absolute atomic E-state index is 0.0432. The molecule has 26 heavy (non-hydrogen) atoms. The largest absolute Gasteiger partial charge is 0.492 e. The van der Waals surface area contributed by atoms with Crippen molar-refractivity contribution in [2.75, 3.05) is 20.2 Å². The number of hydrogen-bond acceptors (Lipinski definition) is 8. The molecule has 0 aliphatic rings. The van der Waals surface area contributed by atoms with Crippen molar-refractivity contribution >= 4 is 27.6 Å². The molecule has 136 valence electrons. The van der Waals surface area contributed by atoms with Gasteiger partial charge in [0, 0.05) is 11.4 Å². The SMILES string of the molecule is Cc1ccsc1C(c1sc2nc(-c3ccco3)nn2c1O)N(C)CCO. The van der Waals surface area contributed by atoms with Crippen LogP contribution in [0.4, 0.5) is 0 Å². The fraction of sp³-hybridized carbons (Fsp3) is 0.294. The minimum atomic E-state index is -0.164. The molecule has 0 fully saturated rings. The van der Waals surface area contributed by atoms with Gasteiger partial charge in [-0.25, -0.2) is 0 Å². The third kappa shape index (κ3) is 2.82. The first-order chi connectivity index (χ1) is 12.6. The van der Waals surface area contributed by atoms with Gasteiger partial charge in [0.25, 0.3) is 0 Å². The highest BCUT2D eigenvalue weighted by Gasteiger charge is 2.29. The number of rotatable bonds is 6. The van der Waals surface area contributed by atoms with E-state index in [9.17, 15) is 10.2 Å². The zero-order chi connectivity index (χ0) is 18.3. The van der Waals surface area contributed by atoms with Crippen molar-refractivity contribution in [3.05, 3.63) is 45.2 Å². The predicted octanol–water partition coefficient (Wildman–Crippen LogP) is 3.14. The van der Waals surface area contributed by atoms with E-state index in [4.69, 9.17) is 4.42 Å². The number of likely N-dealkylation sites (N-methyl/N-ethyl adjacent to an activating group) is 1. The maximum Gasteiger partial charge on any atom is 0.230 e. The number of aliphatic hydroxyl groups is 1. The Hall–Kier alpha value is -2.20. The van der Waals surface area contributed by atoms with Crippen LogP contribution in [0.1, 0.15) is 21.4 Å². The molecule has 0 spiro atoms. The Kier molecular flexibility index (Phi) is 4.53. The lowest BCUT2D eigenvalue weighted by Gasteiger charge is -2.26. The lowest BCUT2D eigenvalue weighted by atomic mass is 10.1. The summed E-state index contributed by atoms with van der Waals surface area (Å²) in [6.45, 7) is 2.59. The molecule has 0 amide bonds. The summed E-state index contributed by atoms with van der Waals surface area (Å²) in [4.78, 5) is 8.99. The number of fused-ring (bicyclic) bond motifs is 1. The number of aromatic nitrogens is 3. The lowest BCUT2D eigenvalue weighted by Crippen LogP contribution is -2.27. The van der Waals surface area contributed by atoms with Gasteiger partial charge in [0.1, 0.15) is 0 Å². The first-order valence-corrected chi connectivity index (χ1v) is 9.77. The van der Waals surface area contributed by atoms with Crippen LogP contribution in [-0.4, -0.2) is 49.9 Å². The number of furan rings is 1. The van der Waals surface area contributed by atoms with Gasteiger partial charge in [-0.2, -0.15) is 9.50 Å². The summed E-state index contributed by atoms with van der Waals surface area (Å²) in [5, 5.41) is 26.6. The Labute approximate surface area is 157 Å². The maximum absolute atomic E-state index is 10.8. The Bertz CT molecular complexity index is 1020. The molecule has 4 aromatic rings. The zero-order valence-electron chi connectivity index (χ0n) is 14.3. The van der Waals surface area contributed by atoms with Gasteiger partial charge in [-0.3, -0.25) is 4.90 Å². The average Bonchev–Trinajstić information content (AvgIpc) is 3.36. The highest BCUT2D eigenvalue weighted by molar-refractivity contribution is 7.17. The topological polar surface area (TPSA) is 87.0 Å². The van der Waals surface area contributed by atoms with Gasteiger partial charge in [0.2, 0.25) is 16.7 Å². The van der Waals surface area contributed by atoms with E-state index < -0.39 is 0 Å². The molecule has 0 saturated carbocycles. The molecule has 1 unspecified atom stereocenters. The number of thiazole rings is 1. The Balaban J connectivity index is 1.81. The first-order valence-electron chi connectivity index (χ1n) is 8.07. The molecule has 0 bridgehead atoms. The molecule has 0 radical (unpaired) electrons. The Morgan fingerprint density at radius 1 is 1.35 bits per heavy atom. The number of hydrogen-bond donors (Lipinski definition) is 2. The summed E-state index contributed by atoms with van der Waals surface area (Å²) in [5.74, 6) is 1.07. The van der Waals surface area contributed by atoms with Crippen molar-refractivity contribution in [2.45, 2.75) is 13.0 Å². The Morgan fingerprint density at radius 2 is 2.19 bits per heavy atom. The molecule has 9 heteroatoms. The average molecular weight is 390 g/mol. The molecule has 2 N–H and O–H groups in total. The number of aromatic hydroxyl groups is 1. The van der Waals surface area contributed by atoms with Gasteiger partial charge in [-0.05, 0) is 43.1 Å². The molecular weight excluding hydrogens is 372 g/mol. The lowest BCUT2D eigenvalue weighted by molar-refractivity contribution is 0.198. The van der Waals surface area contributed by atoms with Crippen molar-refractivity contribution in [1.29, 1.82) is 0 Å². The molecule has 0 saturated heterocycles. The van der Waals surface area contributed by atoms with Gasteiger partial charge in [-0.15, -0.1) is 16.4 Å². The van der Waals surface area contributed by atoms with Crippen LogP contribution in [0.15, 0.2) is 34.3 Å². The van der Waals surface area contributed by atoms with Gasteiger partial charge >= 0.3 is 0 Å². The number of thiophene rings is 1. The van der Waals surface area contributed by atoms with E-state index in [2.05, 4.69) is 23.1 Å². The maximum atomic E-state index is 10.8. The summed E-state index contributed by atoms with van der Waals surface area (Å²) in [7, 11) is 1.93. The molecule has 0 aliphatic carbocycles. The van der Waals surface area contributed by atoms with Crippen LogP contribution in [0.5, 0.6) is 5.88 Å². The smallest absolute Gasteiger partial charge is 0.230 e. The van der Waals surface area contributed by atoms with Crippen molar-refractivity contribution < 1.29 is 14.6 Å². The molecule has 4 rings (SSSR count). The van der Waals surface area contributed by atoms with E-state index in [-0.39, 0.29) is 18.5 Å². The van der Waals surface area contributed by atoms with Crippen LogP contribution in [0, 0.1) is 6.92 Å². The monoisotopic (exact) mass is 390 g/mol. The summed E-state index contributed by atoms with van der Waals surface area (Å²) in [5.41, 5.74) is 1.15. The van der Waals surface area contributed by atoms with E-state index in [0.717, 1.165) is 15.3 Å². The number of nitrogens with zero attached hydrogens (tertiary/aromatic N) is 4.